The summed E-state index contributed by atoms with van der Waals surface area (Å²) in [6.07, 6.45) is 0.331. The van der Waals surface area contributed by atoms with Crippen molar-refractivity contribution in [1.82, 2.24) is 0 Å². The van der Waals surface area contributed by atoms with Crippen LogP contribution in [-0.2, 0) is 0 Å². The van der Waals surface area contributed by atoms with Crippen molar-refractivity contribution >= 4 is 0 Å². The van der Waals surface area contributed by atoms with Gasteiger partial charge in [0.2, 0.25) is 0 Å². The van der Waals surface area contributed by atoms with Crippen LogP contribution in [0.4, 0.5) is 4.39 Å². The fraction of sp³-hybridized carbons (Fsp3) is 0.500. The van der Waals surface area contributed by atoms with Crippen molar-refractivity contribution in [3.63, 3.8) is 0 Å². The number of aliphatic hydroxyl groups is 1. The van der Waals surface area contributed by atoms with Crippen LogP contribution in [0.2, 0.25) is 0 Å². The zero-order valence-electron chi connectivity index (χ0n) is 8.92. The quantitative estimate of drug-likeness (QED) is 0.788. The first-order valence-corrected chi connectivity index (χ1v) is 4.95. The second-order valence-corrected chi connectivity index (χ2v) is 3.99. The van der Waals surface area contributed by atoms with E-state index in [1.165, 1.54) is 6.07 Å². The monoisotopic (exact) mass is 196 g/mol. The first-order valence-electron chi connectivity index (χ1n) is 4.95. The maximum absolute atomic E-state index is 13.0. The van der Waals surface area contributed by atoms with E-state index in [1.807, 2.05) is 13.8 Å². The molecule has 0 aliphatic carbocycles. The second-order valence-electron chi connectivity index (χ2n) is 3.99. The summed E-state index contributed by atoms with van der Waals surface area (Å²) in [7, 11) is 0. The minimum Gasteiger partial charge on any atom is -0.393 e. The van der Waals surface area contributed by atoms with E-state index in [1.54, 1.807) is 19.1 Å². The Labute approximate surface area is 84.6 Å². The number of hydrogen-bond acceptors (Lipinski definition) is 1. The van der Waals surface area contributed by atoms with Crippen LogP contribution < -0.4 is 0 Å². The molecule has 1 nitrogen and oxygen atoms in total. The Morgan fingerprint density at radius 2 is 2.00 bits per heavy atom. The van der Waals surface area contributed by atoms with Gasteiger partial charge < -0.3 is 5.11 Å². The van der Waals surface area contributed by atoms with E-state index in [0.717, 1.165) is 11.1 Å². The van der Waals surface area contributed by atoms with Crippen molar-refractivity contribution in [2.75, 3.05) is 0 Å². The SMILES string of the molecule is Cc1ccc(F)cc1C(C)CC(C)O. The Kier molecular flexibility index (Phi) is 3.64. The highest BCUT2D eigenvalue weighted by Crippen LogP contribution is 2.24. The highest BCUT2D eigenvalue weighted by molar-refractivity contribution is 5.29. The van der Waals surface area contributed by atoms with Crippen molar-refractivity contribution in [2.45, 2.75) is 39.2 Å². The first kappa shape index (κ1) is 11.2. The molecule has 0 saturated carbocycles. The topological polar surface area (TPSA) is 20.2 Å². The predicted octanol–water partition coefficient (Wildman–Crippen LogP) is 3.01. The molecule has 78 valence electrons. The number of halogens is 1. The van der Waals surface area contributed by atoms with Crippen LogP contribution in [0.3, 0.4) is 0 Å². The van der Waals surface area contributed by atoms with Gasteiger partial charge in [0, 0.05) is 0 Å². The number of aryl methyl sites for hydroxylation is 1. The molecule has 0 aliphatic rings. The summed E-state index contributed by atoms with van der Waals surface area (Å²) in [5.74, 6) is -0.00579. The summed E-state index contributed by atoms with van der Waals surface area (Å²) >= 11 is 0. The molecule has 0 fully saturated rings. The summed E-state index contributed by atoms with van der Waals surface area (Å²) in [5, 5.41) is 9.25. The maximum Gasteiger partial charge on any atom is 0.123 e. The van der Waals surface area contributed by atoms with Gasteiger partial charge in [0.05, 0.1) is 6.10 Å². The second kappa shape index (κ2) is 4.56. The van der Waals surface area contributed by atoms with Crippen LogP contribution in [0.5, 0.6) is 0 Å². The molecule has 1 N–H and O–H groups in total. The Morgan fingerprint density at radius 1 is 1.36 bits per heavy atom. The molecule has 2 unspecified atom stereocenters. The third-order valence-corrected chi connectivity index (χ3v) is 2.47. The highest BCUT2D eigenvalue weighted by Gasteiger charge is 2.11. The van der Waals surface area contributed by atoms with E-state index < -0.39 is 0 Å². The van der Waals surface area contributed by atoms with Gasteiger partial charge in [-0.15, -0.1) is 0 Å². The van der Waals surface area contributed by atoms with Gasteiger partial charge in [-0.2, -0.15) is 0 Å². The largest absolute Gasteiger partial charge is 0.393 e. The molecule has 1 aromatic rings. The normalized spacial score (nSPS) is 15.2. The third kappa shape index (κ3) is 2.81. The lowest BCUT2D eigenvalue weighted by molar-refractivity contribution is 0.176. The summed E-state index contributed by atoms with van der Waals surface area (Å²) in [4.78, 5) is 0. The van der Waals surface area contributed by atoms with Gasteiger partial charge >= 0.3 is 0 Å². The van der Waals surface area contributed by atoms with Gasteiger partial charge in [0.15, 0.2) is 0 Å². The van der Waals surface area contributed by atoms with E-state index in [-0.39, 0.29) is 17.8 Å². The van der Waals surface area contributed by atoms with Gasteiger partial charge in [0.1, 0.15) is 5.82 Å². The zero-order valence-corrected chi connectivity index (χ0v) is 8.92. The Hall–Kier alpha value is -0.890. The molecular formula is C12H17FO. The molecule has 0 aromatic heterocycles. The van der Waals surface area contributed by atoms with Crippen molar-refractivity contribution in [1.29, 1.82) is 0 Å². The molecule has 2 heteroatoms. The van der Waals surface area contributed by atoms with Crippen LogP contribution >= 0.6 is 0 Å². The number of benzene rings is 1. The smallest absolute Gasteiger partial charge is 0.123 e. The standard InChI is InChI=1S/C12H17FO/c1-8-4-5-11(13)7-12(8)9(2)6-10(3)14/h4-5,7,9-10,14H,6H2,1-3H3. The molecule has 1 rings (SSSR count). The van der Waals surface area contributed by atoms with Crippen molar-refractivity contribution in [3.8, 4) is 0 Å². The molecule has 0 amide bonds. The molecule has 2 atom stereocenters. The average Bonchev–Trinajstić information content (AvgIpc) is 2.08. The minimum atomic E-state index is -0.340. The van der Waals surface area contributed by atoms with Crippen LogP contribution in [0.25, 0.3) is 0 Å². The lowest BCUT2D eigenvalue weighted by atomic mass is 9.92. The molecule has 0 bridgehead atoms. The molecule has 0 spiro atoms. The number of aliphatic hydroxyl groups excluding tert-OH is 1. The minimum absolute atomic E-state index is 0.200. The van der Waals surface area contributed by atoms with E-state index in [2.05, 4.69) is 0 Å². The Bertz CT molecular complexity index is 307. The number of hydrogen-bond donors (Lipinski definition) is 1. The van der Waals surface area contributed by atoms with Gasteiger partial charge in [-0.25, -0.2) is 4.39 Å². The van der Waals surface area contributed by atoms with Gasteiger partial charge in [-0.1, -0.05) is 13.0 Å². The first-order chi connectivity index (χ1) is 6.50. The molecule has 0 aliphatic heterocycles. The summed E-state index contributed by atoms with van der Waals surface area (Å²) in [6, 6.07) is 4.81. The van der Waals surface area contributed by atoms with Gasteiger partial charge in [-0.05, 0) is 49.4 Å². The molecule has 0 saturated heterocycles. The van der Waals surface area contributed by atoms with Gasteiger partial charge in [0.25, 0.3) is 0 Å². The van der Waals surface area contributed by atoms with E-state index in [9.17, 15) is 9.50 Å². The number of rotatable bonds is 3. The average molecular weight is 196 g/mol. The van der Waals surface area contributed by atoms with Crippen molar-refractivity contribution < 1.29 is 9.50 Å². The zero-order chi connectivity index (χ0) is 10.7. The molecule has 14 heavy (non-hydrogen) atoms. The van der Waals surface area contributed by atoms with Crippen LogP contribution in [0, 0.1) is 12.7 Å². The van der Waals surface area contributed by atoms with Crippen LogP contribution in [-0.4, -0.2) is 11.2 Å². The summed E-state index contributed by atoms with van der Waals surface area (Å²) in [5.41, 5.74) is 2.07. The fourth-order valence-corrected chi connectivity index (χ4v) is 1.78. The van der Waals surface area contributed by atoms with E-state index in [0.29, 0.717) is 6.42 Å². The molecule has 0 heterocycles. The van der Waals surface area contributed by atoms with E-state index >= 15 is 0 Å². The lowest BCUT2D eigenvalue weighted by Crippen LogP contribution is -2.07. The molecular weight excluding hydrogens is 179 g/mol. The predicted molar refractivity (Wildman–Crippen MR) is 55.8 cm³/mol. The Balaban J connectivity index is 2.88. The third-order valence-electron chi connectivity index (χ3n) is 2.47. The van der Waals surface area contributed by atoms with Crippen molar-refractivity contribution in [2.24, 2.45) is 0 Å². The summed E-state index contributed by atoms with van der Waals surface area (Å²) < 4.78 is 13.0. The van der Waals surface area contributed by atoms with Crippen molar-refractivity contribution in [3.05, 3.63) is 35.1 Å². The molecule has 0 radical (unpaired) electrons. The summed E-state index contributed by atoms with van der Waals surface area (Å²) in [6.45, 7) is 5.73. The Morgan fingerprint density at radius 3 is 2.57 bits per heavy atom. The van der Waals surface area contributed by atoms with Gasteiger partial charge in [-0.3, -0.25) is 0 Å². The van der Waals surface area contributed by atoms with E-state index in [4.69, 9.17) is 0 Å². The van der Waals surface area contributed by atoms with Crippen LogP contribution in [0.1, 0.15) is 37.3 Å². The maximum atomic E-state index is 13.0. The highest BCUT2D eigenvalue weighted by atomic mass is 19.1. The fourth-order valence-electron chi connectivity index (χ4n) is 1.78. The molecule has 1 aromatic carbocycles. The van der Waals surface area contributed by atoms with Crippen LogP contribution in [0.15, 0.2) is 18.2 Å². The lowest BCUT2D eigenvalue weighted by Gasteiger charge is -2.16.